The summed E-state index contributed by atoms with van der Waals surface area (Å²) < 4.78 is 0. The van der Waals surface area contributed by atoms with Crippen molar-refractivity contribution in [3.63, 3.8) is 0 Å². The quantitative estimate of drug-likeness (QED) is 0.682. The Morgan fingerprint density at radius 3 is 2.70 bits per heavy atom. The summed E-state index contributed by atoms with van der Waals surface area (Å²) in [7, 11) is 0. The molecule has 4 rings (SSSR count). The number of piperidine rings is 3. The van der Waals surface area contributed by atoms with Gasteiger partial charge in [0.25, 0.3) is 5.91 Å². The van der Waals surface area contributed by atoms with Gasteiger partial charge < -0.3 is 5.32 Å². The molecule has 3 aliphatic rings. The van der Waals surface area contributed by atoms with E-state index in [9.17, 15) is 14.9 Å². The smallest absolute Gasteiger partial charge is 0.324 e. The highest BCUT2D eigenvalue weighted by Crippen LogP contribution is 2.32. The number of thiophene rings is 1. The zero-order valence-corrected chi connectivity index (χ0v) is 12.1. The maximum atomic E-state index is 12.2. The van der Waals surface area contributed by atoms with Crippen molar-refractivity contribution in [1.29, 1.82) is 0 Å². The molecule has 1 N–H and O–H groups in total. The van der Waals surface area contributed by atoms with Gasteiger partial charge in [-0.1, -0.05) is 11.3 Å². The highest BCUT2D eigenvalue weighted by atomic mass is 32.1. The zero-order valence-electron chi connectivity index (χ0n) is 11.2. The fraction of sp³-hybridized carbons (Fsp3) is 0.615. The van der Waals surface area contributed by atoms with E-state index in [-0.39, 0.29) is 17.0 Å². The van der Waals surface area contributed by atoms with E-state index in [0.717, 1.165) is 37.3 Å². The summed E-state index contributed by atoms with van der Waals surface area (Å²) in [4.78, 5) is 25.3. The molecule has 7 heteroatoms. The number of nitrogens with zero attached hydrogens (tertiary/aromatic N) is 2. The van der Waals surface area contributed by atoms with Crippen LogP contribution in [0.15, 0.2) is 12.1 Å². The minimum Gasteiger partial charge on any atom is -0.347 e. The third-order valence-corrected chi connectivity index (χ3v) is 5.51. The van der Waals surface area contributed by atoms with E-state index >= 15 is 0 Å². The lowest BCUT2D eigenvalue weighted by Crippen LogP contribution is -2.62. The second kappa shape index (κ2) is 5.14. The van der Waals surface area contributed by atoms with Crippen molar-refractivity contribution in [3.05, 3.63) is 27.1 Å². The Kier molecular flexibility index (Phi) is 3.47. The molecule has 0 aliphatic carbocycles. The number of nitrogens with one attached hydrogen (secondary N) is 1. The van der Waals surface area contributed by atoms with E-state index < -0.39 is 4.92 Å². The Morgan fingerprint density at radius 2 is 2.15 bits per heavy atom. The highest BCUT2D eigenvalue weighted by Gasteiger charge is 2.40. The molecule has 3 fully saturated rings. The summed E-state index contributed by atoms with van der Waals surface area (Å²) in [5.74, 6) is 0.350. The minimum atomic E-state index is -0.460. The third-order valence-electron chi connectivity index (χ3n) is 4.47. The van der Waals surface area contributed by atoms with Crippen LogP contribution in [-0.2, 0) is 0 Å². The van der Waals surface area contributed by atoms with E-state index in [1.807, 2.05) is 0 Å². The van der Waals surface area contributed by atoms with Gasteiger partial charge >= 0.3 is 5.00 Å². The van der Waals surface area contributed by atoms with Crippen LogP contribution in [0.4, 0.5) is 5.00 Å². The van der Waals surface area contributed by atoms with E-state index in [1.54, 1.807) is 0 Å². The molecule has 3 saturated heterocycles. The van der Waals surface area contributed by atoms with Crippen LogP contribution in [0.5, 0.6) is 0 Å². The Bertz CT molecular complexity index is 535. The van der Waals surface area contributed by atoms with E-state index in [0.29, 0.717) is 16.8 Å². The maximum Gasteiger partial charge on any atom is 0.324 e. The molecule has 1 aromatic rings. The van der Waals surface area contributed by atoms with Crippen molar-refractivity contribution in [1.82, 2.24) is 10.2 Å². The van der Waals surface area contributed by atoms with Crippen molar-refractivity contribution in [3.8, 4) is 0 Å². The largest absolute Gasteiger partial charge is 0.347 e. The number of nitro groups is 1. The molecule has 1 amide bonds. The summed E-state index contributed by atoms with van der Waals surface area (Å²) in [6, 6.07) is 3.43. The molecule has 2 atom stereocenters. The predicted octanol–water partition coefficient (Wildman–Crippen LogP) is 1.87. The van der Waals surface area contributed by atoms with Crippen LogP contribution in [0.25, 0.3) is 0 Å². The normalized spacial score (nSPS) is 32.0. The summed E-state index contributed by atoms with van der Waals surface area (Å²) in [6.45, 7) is 4.37. The van der Waals surface area contributed by atoms with Crippen molar-refractivity contribution < 1.29 is 9.72 Å². The molecular formula is C13H17N3O3S. The van der Waals surface area contributed by atoms with Crippen LogP contribution < -0.4 is 5.32 Å². The molecule has 0 saturated carbocycles. The Morgan fingerprint density at radius 1 is 1.45 bits per heavy atom. The number of hydrogen-bond acceptors (Lipinski definition) is 5. The van der Waals surface area contributed by atoms with Crippen molar-refractivity contribution in [2.24, 2.45) is 5.92 Å². The lowest BCUT2D eigenvalue weighted by Gasteiger charge is -2.49. The van der Waals surface area contributed by atoms with Crippen LogP contribution in [0, 0.1) is 16.0 Å². The summed E-state index contributed by atoms with van der Waals surface area (Å²) in [5.41, 5.74) is 0. The lowest BCUT2D eigenvalue weighted by atomic mass is 9.79. The van der Waals surface area contributed by atoms with Crippen molar-refractivity contribution in [2.45, 2.75) is 31.8 Å². The molecule has 0 spiro atoms. The van der Waals surface area contributed by atoms with E-state index in [1.165, 1.54) is 12.1 Å². The Labute approximate surface area is 120 Å². The van der Waals surface area contributed by atoms with Gasteiger partial charge in [0.15, 0.2) is 0 Å². The second-order valence-corrected chi connectivity index (χ2v) is 6.57. The molecule has 108 valence electrons. The average molecular weight is 295 g/mol. The number of carbonyl (C=O) groups is 1. The zero-order chi connectivity index (χ0) is 14.3. The van der Waals surface area contributed by atoms with Gasteiger partial charge in [0.2, 0.25) is 0 Å². The predicted molar refractivity (Wildman–Crippen MR) is 76.0 cm³/mol. The summed E-state index contributed by atoms with van der Waals surface area (Å²) in [5, 5.41) is 13.7. The Hall–Kier alpha value is -1.47. The summed E-state index contributed by atoms with van der Waals surface area (Å²) >= 11 is 0.934. The van der Waals surface area contributed by atoms with Gasteiger partial charge in [0.05, 0.1) is 9.80 Å². The number of fused-ring (bicyclic) bond motifs is 3. The van der Waals surface area contributed by atoms with Gasteiger partial charge in [-0.05, 0) is 44.8 Å². The van der Waals surface area contributed by atoms with Crippen LogP contribution in [0.2, 0.25) is 0 Å². The topological polar surface area (TPSA) is 75.5 Å². The number of hydrogen-bond donors (Lipinski definition) is 1. The van der Waals surface area contributed by atoms with Gasteiger partial charge in [-0.3, -0.25) is 19.8 Å². The number of amides is 1. The Balaban J connectivity index is 1.70. The fourth-order valence-electron chi connectivity index (χ4n) is 3.32. The first-order valence-corrected chi connectivity index (χ1v) is 7.67. The molecule has 4 heterocycles. The van der Waals surface area contributed by atoms with E-state index in [4.69, 9.17) is 0 Å². The highest BCUT2D eigenvalue weighted by molar-refractivity contribution is 7.17. The number of carbonyl (C=O) groups excluding carboxylic acids is 1. The first-order chi connectivity index (χ1) is 9.56. The van der Waals surface area contributed by atoms with Crippen LogP contribution in [-0.4, -0.2) is 40.9 Å². The lowest BCUT2D eigenvalue weighted by molar-refractivity contribution is -0.380. The fourth-order valence-corrected chi connectivity index (χ4v) is 4.04. The van der Waals surface area contributed by atoms with Gasteiger partial charge in [0, 0.05) is 18.2 Å². The van der Waals surface area contributed by atoms with Gasteiger partial charge in [0.1, 0.15) is 0 Å². The van der Waals surface area contributed by atoms with Gasteiger partial charge in [-0.15, -0.1) is 0 Å². The molecular weight excluding hydrogens is 278 g/mol. The van der Waals surface area contributed by atoms with E-state index in [2.05, 4.69) is 17.1 Å². The SMILES string of the molecule is C[C@H]1[C@H](NC(=O)c2ccc([N+](=O)[O-])s2)C2CCN1CC2. The number of rotatable bonds is 3. The molecule has 1 aromatic heterocycles. The molecule has 0 aromatic carbocycles. The van der Waals surface area contributed by atoms with Gasteiger partial charge in [-0.25, -0.2) is 0 Å². The van der Waals surface area contributed by atoms with Gasteiger partial charge in [-0.2, -0.15) is 0 Å². The first kappa shape index (κ1) is 13.5. The first-order valence-electron chi connectivity index (χ1n) is 6.85. The minimum absolute atomic E-state index is 0.0112. The van der Waals surface area contributed by atoms with Crippen molar-refractivity contribution in [2.75, 3.05) is 13.1 Å². The monoisotopic (exact) mass is 295 g/mol. The average Bonchev–Trinajstić information content (AvgIpc) is 2.93. The van der Waals surface area contributed by atoms with Crippen LogP contribution in [0.3, 0.4) is 0 Å². The summed E-state index contributed by atoms with van der Waals surface area (Å²) in [6.07, 6.45) is 2.25. The van der Waals surface area contributed by atoms with Crippen LogP contribution >= 0.6 is 11.3 Å². The standard InChI is InChI=1S/C13H17N3O3S/c1-8-12(9-4-6-15(8)7-5-9)14-13(17)10-2-3-11(20-10)16(18)19/h2-3,8-9,12H,4-7H2,1H3,(H,14,17)/t8-,12-/m0/s1. The van der Waals surface area contributed by atoms with Crippen LogP contribution in [0.1, 0.15) is 29.4 Å². The second-order valence-electron chi connectivity index (χ2n) is 5.51. The molecule has 0 unspecified atom stereocenters. The molecule has 20 heavy (non-hydrogen) atoms. The third kappa shape index (κ3) is 2.31. The maximum absolute atomic E-state index is 12.2. The molecule has 2 bridgehead atoms. The molecule has 0 radical (unpaired) electrons. The van der Waals surface area contributed by atoms with Crippen molar-refractivity contribution >= 4 is 22.2 Å². The molecule has 3 aliphatic heterocycles. The molecule has 6 nitrogen and oxygen atoms in total.